The summed E-state index contributed by atoms with van der Waals surface area (Å²) in [5.41, 5.74) is 7.88. The molecule has 0 aliphatic carbocycles. The van der Waals surface area contributed by atoms with Gasteiger partial charge >= 0.3 is 6.09 Å². The van der Waals surface area contributed by atoms with Gasteiger partial charge in [0.25, 0.3) is 0 Å². The molecule has 1 fully saturated rings. The SMILES string of the molecule is CC(C)(C)OC(=O)N[C@@H](CCc1ccccc1)C(=O)N1C[C@H](N)C[C@H]1C(=O)Nc1cnc2ccccc2c1. The molecule has 3 atom stereocenters. The summed E-state index contributed by atoms with van der Waals surface area (Å²) in [5.74, 6) is -0.709. The monoisotopic (exact) mass is 517 g/mol. The Hall–Kier alpha value is -3.98. The lowest BCUT2D eigenvalue weighted by Crippen LogP contribution is -2.53. The number of rotatable bonds is 7. The minimum atomic E-state index is -0.881. The summed E-state index contributed by atoms with van der Waals surface area (Å²) in [6, 6.07) is 17.1. The van der Waals surface area contributed by atoms with Crippen LogP contribution >= 0.6 is 0 Å². The number of carbonyl (C=O) groups is 3. The second-order valence-corrected chi connectivity index (χ2v) is 10.6. The first-order valence-corrected chi connectivity index (χ1v) is 12.8. The van der Waals surface area contributed by atoms with Crippen molar-refractivity contribution in [2.75, 3.05) is 11.9 Å². The number of pyridine rings is 1. The quantitative estimate of drug-likeness (QED) is 0.439. The van der Waals surface area contributed by atoms with Crippen LogP contribution in [-0.2, 0) is 20.7 Å². The van der Waals surface area contributed by atoms with Crippen molar-refractivity contribution in [3.63, 3.8) is 0 Å². The molecule has 0 radical (unpaired) electrons. The molecule has 0 saturated carbocycles. The van der Waals surface area contributed by atoms with Crippen LogP contribution in [-0.4, -0.2) is 58.1 Å². The van der Waals surface area contributed by atoms with Gasteiger partial charge in [0.2, 0.25) is 11.8 Å². The van der Waals surface area contributed by atoms with Gasteiger partial charge in [0.1, 0.15) is 17.7 Å². The highest BCUT2D eigenvalue weighted by molar-refractivity contribution is 5.99. The van der Waals surface area contributed by atoms with Crippen LogP contribution in [0, 0.1) is 0 Å². The molecule has 3 amide bonds. The number of amides is 3. The van der Waals surface area contributed by atoms with Crippen molar-refractivity contribution in [1.82, 2.24) is 15.2 Å². The number of benzene rings is 2. The van der Waals surface area contributed by atoms with Crippen LogP contribution in [0.1, 0.15) is 39.2 Å². The van der Waals surface area contributed by atoms with E-state index in [0.717, 1.165) is 16.5 Å². The third-order valence-corrected chi connectivity index (χ3v) is 6.33. The number of fused-ring (bicyclic) bond motifs is 1. The zero-order valence-corrected chi connectivity index (χ0v) is 22.0. The zero-order chi connectivity index (χ0) is 27.3. The van der Waals surface area contributed by atoms with Crippen LogP contribution in [0.4, 0.5) is 10.5 Å². The number of nitrogens with one attached hydrogen (secondary N) is 2. The maximum absolute atomic E-state index is 13.8. The van der Waals surface area contributed by atoms with Crippen molar-refractivity contribution in [1.29, 1.82) is 0 Å². The molecule has 0 spiro atoms. The minimum Gasteiger partial charge on any atom is -0.444 e. The number of hydrogen-bond acceptors (Lipinski definition) is 6. The van der Waals surface area contributed by atoms with Crippen LogP contribution < -0.4 is 16.4 Å². The van der Waals surface area contributed by atoms with Crippen molar-refractivity contribution < 1.29 is 19.1 Å². The molecule has 200 valence electrons. The van der Waals surface area contributed by atoms with Crippen LogP contribution in [0.15, 0.2) is 66.9 Å². The molecule has 1 aromatic heterocycles. The van der Waals surface area contributed by atoms with Gasteiger partial charge < -0.3 is 26.0 Å². The van der Waals surface area contributed by atoms with Crippen LogP contribution in [0.3, 0.4) is 0 Å². The largest absolute Gasteiger partial charge is 0.444 e. The highest BCUT2D eigenvalue weighted by Gasteiger charge is 2.41. The smallest absolute Gasteiger partial charge is 0.408 e. The van der Waals surface area contributed by atoms with E-state index in [2.05, 4.69) is 15.6 Å². The van der Waals surface area contributed by atoms with E-state index in [1.807, 2.05) is 60.7 Å². The highest BCUT2D eigenvalue weighted by atomic mass is 16.6. The van der Waals surface area contributed by atoms with Crippen LogP contribution in [0.5, 0.6) is 0 Å². The first kappa shape index (κ1) is 27.1. The van der Waals surface area contributed by atoms with E-state index >= 15 is 0 Å². The Morgan fingerprint density at radius 2 is 1.82 bits per heavy atom. The van der Waals surface area contributed by atoms with Crippen LogP contribution in [0.2, 0.25) is 0 Å². The molecule has 4 rings (SSSR count). The number of hydrogen-bond donors (Lipinski definition) is 3. The van der Waals surface area contributed by atoms with E-state index in [9.17, 15) is 14.4 Å². The molecule has 9 nitrogen and oxygen atoms in total. The van der Waals surface area contributed by atoms with E-state index in [0.29, 0.717) is 24.9 Å². The molecule has 0 unspecified atom stereocenters. The lowest BCUT2D eigenvalue weighted by molar-refractivity contribution is -0.138. The van der Waals surface area contributed by atoms with Crippen molar-refractivity contribution >= 4 is 34.5 Å². The summed E-state index contributed by atoms with van der Waals surface area (Å²) < 4.78 is 5.41. The van der Waals surface area contributed by atoms with Gasteiger partial charge in [-0.25, -0.2) is 4.79 Å². The fraction of sp³-hybridized carbons (Fsp3) is 0.379. The number of aromatic nitrogens is 1. The van der Waals surface area contributed by atoms with Gasteiger partial charge in [-0.1, -0.05) is 48.5 Å². The van der Waals surface area contributed by atoms with Gasteiger partial charge in [-0.05, 0) is 57.7 Å². The van der Waals surface area contributed by atoms with Gasteiger partial charge in [0.05, 0.1) is 17.4 Å². The Bertz CT molecular complexity index is 1290. The molecular weight excluding hydrogens is 482 g/mol. The number of aryl methyl sites for hydroxylation is 1. The topological polar surface area (TPSA) is 127 Å². The van der Waals surface area contributed by atoms with Crippen molar-refractivity contribution in [2.24, 2.45) is 5.73 Å². The number of nitrogens with zero attached hydrogens (tertiary/aromatic N) is 2. The normalized spacial score (nSPS) is 18.2. The minimum absolute atomic E-state index is 0.213. The molecule has 2 heterocycles. The zero-order valence-electron chi connectivity index (χ0n) is 22.0. The average Bonchev–Trinajstić information content (AvgIpc) is 3.27. The summed E-state index contributed by atoms with van der Waals surface area (Å²) >= 11 is 0. The maximum atomic E-state index is 13.8. The predicted molar refractivity (Wildman–Crippen MR) is 146 cm³/mol. The molecule has 1 aliphatic heterocycles. The van der Waals surface area contributed by atoms with E-state index < -0.39 is 23.8 Å². The average molecular weight is 518 g/mol. The molecule has 0 bridgehead atoms. The molecule has 9 heteroatoms. The van der Waals surface area contributed by atoms with Gasteiger partial charge in [-0.2, -0.15) is 0 Å². The number of alkyl carbamates (subject to hydrolysis) is 1. The molecule has 1 saturated heterocycles. The Labute approximate surface area is 222 Å². The third-order valence-electron chi connectivity index (χ3n) is 6.33. The molecule has 1 aliphatic rings. The number of para-hydroxylation sites is 1. The summed E-state index contributed by atoms with van der Waals surface area (Å²) in [5, 5.41) is 6.51. The first-order valence-electron chi connectivity index (χ1n) is 12.8. The number of ether oxygens (including phenoxy) is 1. The van der Waals surface area contributed by atoms with Gasteiger partial charge in [0.15, 0.2) is 0 Å². The second kappa shape index (κ2) is 11.6. The van der Waals surface area contributed by atoms with Gasteiger partial charge in [0, 0.05) is 18.0 Å². The lowest BCUT2D eigenvalue weighted by atomic mass is 10.0. The van der Waals surface area contributed by atoms with E-state index in [-0.39, 0.29) is 24.4 Å². The van der Waals surface area contributed by atoms with E-state index in [1.165, 1.54) is 4.90 Å². The summed E-state index contributed by atoms with van der Waals surface area (Å²) in [4.78, 5) is 45.6. The van der Waals surface area contributed by atoms with E-state index in [1.54, 1.807) is 27.0 Å². The number of likely N-dealkylation sites (tertiary alicyclic amines) is 1. The molecular formula is C29H35N5O4. The van der Waals surface area contributed by atoms with Crippen LogP contribution in [0.25, 0.3) is 10.9 Å². The van der Waals surface area contributed by atoms with E-state index in [4.69, 9.17) is 10.5 Å². The van der Waals surface area contributed by atoms with Gasteiger partial charge in [-0.15, -0.1) is 0 Å². The Morgan fingerprint density at radius 1 is 1.11 bits per heavy atom. The lowest BCUT2D eigenvalue weighted by Gasteiger charge is -2.29. The number of anilines is 1. The number of nitrogens with two attached hydrogens (primary N) is 1. The molecule has 2 aromatic carbocycles. The van der Waals surface area contributed by atoms with Crippen molar-refractivity contribution in [3.05, 3.63) is 72.4 Å². The first-order chi connectivity index (χ1) is 18.1. The summed E-state index contributed by atoms with van der Waals surface area (Å²) in [7, 11) is 0. The Balaban J connectivity index is 1.50. The molecule has 38 heavy (non-hydrogen) atoms. The van der Waals surface area contributed by atoms with Gasteiger partial charge in [-0.3, -0.25) is 14.6 Å². The second-order valence-electron chi connectivity index (χ2n) is 10.6. The third kappa shape index (κ3) is 7.07. The number of carbonyl (C=O) groups excluding carboxylic acids is 3. The molecule has 4 N–H and O–H groups in total. The predicted octanol–water partition coefficient (Wildman–Crippen LogP) is 3.63. The molecule has 3 aromatic rings. The Morgan fingerprint density at radius 3 is 2.55 bits per heavy atom. The van der Waals surface area contributed by atoms with Crippen molar-refractivity contribution in [3.8, 4) is 0 Å². The van der Waals surface area contributed by atoms with Crippen molar-refractivity contribution in [2.45, 2.75) is 63.8 Å². The maximum Gasteiger partial charge on any atom is 0.408 e. The summed E-state index contributed by atoms with van der Waals surface area (Å²) in [6.45, 7) is 5.49. The Kier molecular flexibility index (Phi) is 8.26. The summed E-state index contributed by atoms with van der Waals surface area (Å²) in [6.07, 6.45) is 2.13. The fourth-order valence-electron chi connectivity index (χ4n) is 4.59. The highest BCUT2D eigenvalue weighted by Crippen LogP contribution is 2.23. The fourth-order valence-corrected chi connectivity index (χ4v) is 4.59. The standard InChI is InChI=1S/C29H35N5O4/c1-29(2,3)38-28(37)33-24(14-13-19-9-5-4-6-10-19)27(36)34-18-21(30)16-25(34)26(35)32-22-15-20-11-7-8-12-23(20)31-17-22/h4-12,15,17,21,24-25H,13-14,16,18,30H2,1-3H3,(H,32,35)(H,33,37)/t21-,24+,25+/m1/s1.